The van der Waals surface area contributed by atoms with Crippen LogP contribution in [0.3, 0.4) is 0 Å². The molecule has 1 fully saturated rings. The monoisotopic (exact) mass is 335 g/mol. The number of hydrogen-bond acceptors (Lipinski definition) is 3. The van der Waals surface area contributed by atoms with Crippen LogP contribution in [0.25, 0.3) is 0 Å². The van der Waals surface area contributed by atoms with E-state index >= 15 is 0 Å². The zero-order chi connectivity index (χ0) is 14.8. The van der Waals surface area contributed by atoms with Gasteiger partial charge >= 0.3 is 0 Å². The highest BCUT2D eigenvalue weighted by atomic mass is 35.5. The minimum Gasteiger partial charge on any atom is -0.207 e. The molecule has 1 saturated heterocycles. The summed E-state index contributed by atoms with van der Waals surface area (Å²) in [7, 11) is -3.35. The third kappa shape index (κ3) is 3.38. The van der Waals surface area contributed by atoms with Crippen LogP contribution < -0.4 is 0 Å². The van der Waals surface area contributed by atoms with Gasteiger partial charge in [-0.3, -0.25) is 0 Å². The SMILES string of the molecule is CCC1CCCN(S(=O)(=O)c2cc(CCl)sc2C)CC1. The molecule has 0 aromatic carbocycles. The maximum Gasteiger partial charge on any atom is 0.244 e. The van der Waals surface area contributed by atoms with Gasteiger partial charge < -0.3 is 0 Å². The molecule has 0 spiro atoms. The summed E-state index contributed by atoms with van der Waals surface area (Å²) in [5.41, 5.74) is 0. The Hall–Kier alpha value is -0.100. The topological polar surface area (TPSA) is 37.4 Å². The van der Waals surface area contributed by atoms with E-state index in [0.29, 0.717) is 29.8 Å². The van der Waals surface area contributed by atoms with Gasteiger partial charge in [0.15, 0.2) is 0 Å². The first-order valence-corrected chi connectivity index (χ1v) is 9.93. The quantitative estimate of drug-likeness (QED) is 0.780. The second-order valence-corrected chi connectivity index (χ2v) is 8.89. The van der Waals surface area contributed by atoms with Gasteiger partial charge in [-0.25, -0.2) is 8.42 Å². The summed E-state index contributed by atoms with van der Waals surface area (Å²) in [5.74, 6) is 1.04. The van der Waals surface area contributed by atoms with Crippen LogP contribution in [0.15, 0.2) is 11.0 Å². The van der Waals surface area contributed by atoms with Gasteiger partial charge in [0.1, 0.15) is 0 Å². The molecule has 1 unspecified atom stereocenters. The van der Waals surface area contributed by atoms with Crippen LogP contribution in [0, 0.1) is 12.8 Å². The zero-order valence-corrected chi connectivity index (χ0v) is 14.5. The predicted octanol–water partition coefficient (Wildman–Crippen LogP) is 4.00. The maximum absolute atomic E-state index is 12.8. The summed E-state index contributed by atoms with van der Waals surface area (Å²) in [4.78, 5) is 2.22. The van der Waals surface area contributed by atoms with Crippen LogP contribution in [0.2, 0.25) is 0 Å². The lowest BCUT2D eigenvalue weighted by Crippen LogP contribution is -2.32. The fourth-order valence-electron chi connectivity index (χ4n) is 2.77. The Morgan fingerprint density at radius 2 is 2.15 bits per heavy atom. The molecule has 3 nitrogen and oxygen atoms in total. The molecule has 1 aliphatic heterocycles. The van der Waals surface area contributed by atoms with Crippen molar-refractivity contribution >= 4 is 33.0 Å². The number of nitrogens with zero attached hydrogens (tertiary/aromatic N) is 1. The van der Waals surface area contributed by atoms with E-state index in [9.17, 15) is 8.42 Å². The first-order valence-electron chi connectivity index (χ1n) is 7.14. The summed E-state index contributed by atoms with van der Waals surface area (Å²) in [6.45, 7) is 5.33. The van der Waals surface area contributed by atoms with Gasteiger partial charge in [0.2, 0.25) is 10.0 Å². The lowest BCUT2D eigenvalue weighted by molar-refractivity contribution is 0.407. The van der Waals surface area contributed by atoms with Gasteiger partial charge in [0.25, 0.3) is 0 Å². The molecular weight excluding hydrogens is 314 g/mol. The number of thiophene rings is 1. The van der Waals surface area contributed by atoms with Crippen LogP contribution in [-0.4, -0.2) is 25.8 Å². The Morgan fingerprint density at radius 3 is 2.75 bits per heavy atom. The normalized spacial score (nSPS) is 21.9. The Labute approximate surface area is 131 Å². The van der Waals surface area contributed by atoms with E-state index in [1.807, 2.05) is 6.92 Å². The molecule has 0 bridgehead atoms. The van der Waals surface area contributed by atoms with Crippen molar-refractivity contribution in [2.75, 3.05) is 13.1 Å². The molecule has 0 aliphatic carbocycles. The second-order valence-electron chi connectivity index (χ2n) is 5.38. The van der Waals surface area contributed by atoms with Crippen molar-refractivity contribution in [3.05, 3.63) is 15.8 Å². The number of aryl methyl sites for hydroxylation is 1. The summed E-state index contributed by atoms with van der Waals surface area (Å²) in [6.07, 6.45) is 4.21. The van der Waals surface area contributed by atoms with Crippen LogP contribution in [0.5, 0.6) is 0 Å². The van der Waals surface area contributed by atoms with Crippen molar-refractivity contribution in [3.8, 4) is 0 Å². The highest BCUT2D eigenvalue weighted by Gasteiger charge is 2.29. The minimum atomic E-state index is -3.35. The van der Waals surface area contributed by atoms with Crippen molar-refractivity contribution < 1.29 is 8.42 Å². The van der Waals surface area contributed by atoms with Crippen molar-refractivity contribution in [2.45, 2.75) is 50.3 Å². The van der Waals surface area contributed by atoms with Crippen LogP contribution in [0.4, 0.5) is 0 Å². The van der Waals surface area contributed by atoms with Crippen LogP contribution >= 0.6 is 22.9 Å². The number of rotatable bonds is 4. The number of hydrogen-bond donors (Lipinski definition) is 0. The molecule has 20 heavy (non-hydrogen) atoms. The summed E-state index contributed by atoms with van der Waals surface area (Å²) in [5, 5.41) is 0. The minimum absolute atomic E-state index is 0.374. The van der Waals surface area contributed by atoms with Gasteiger partial charge in [-0.05, 0) is 38.2 Å². The molecule has 1 atom stereocenters. The van der Waals surface area contributed by atoms with Crippen LogP contribution in [-0.2, 0) is 15.9 Å². The molecule has 1 aromatic rings. The van der Waals surface area contributed by atoms with Gasteiger partial charge in [-0.15, -0.1) is 22.9 Å². The molecule has 0 radical (unpaired) electrons. The predicted molar refractivity (Wildman–Crippen MR) is 85.0 cm³/mol. The average molecular weight is 336 g/mol. The van der Waals surface area contributed by atoms with Crippen molar-refractivity contribution in [2.24, 2.45) is 5.92 Å². The lowest BCUT2D eigenvalue weighted by Gasteiger charge is -2.20. The Morgan fingerprint density at radius 1 is 1.40 bits per heavy atom. The Balaban J connectivity index is 2.23. The molecule has 0 saturated carbocycles. The fourth-order valence-corrected chi connectivity index (χ4v) is 5.96. The van der Waals surface area contributed by atoms with Gasteiger partial charge in [0, 0.05) is 22.8 Å². The molecule has 1 aromatic heterocycles. The number of sulfonamides is 1. The first kappa shape index (κ1) is 16.3. The molecule has 1 aliphatic rings. The molecular formula is C14H22ClNO2S2. The van der Waals surface area contributed by atoms with Gasteiger partial charge in [0.05, 0.1) is 10.8 Å². The highest BCUT2D eigenvalue weighted by molar-refractivity contribution is 7.89. The van der Waals surface area contributed by atoms with E-state index in [1.54, 1.807) is 10.4 Å². The first-order chi connectivity index (χ1) is 9.48. The third-order valence-corrected chi connectivity index (χ3v) is 7.71. The third-order valence-electron chi connectivity index (χ3n) is 4.06. The van der Waals surface area contributed by atoms with Crippen molar-refractivity contribution in [3.63, 3.8) is 0 Å². The van der Waals surface area contributed by atoms with Gasteiger partial charge in [-0.1, -0.05) is 13.3 Å². The standard InChI is InChI=1S/C14H22ClNO2S2/c1-3-12-5-4-7-16(8-6-12)20(17,18)14-9-13(10-15)19-11(14)2/h9,12H,3-8,10H2,1-2H3. The largest absolute Gasteiger partial charge is 0.244 e. The fraction of sp³-hybridized carbons (Fsp3) is 0.714. The molecule has 6 heteroatoms. The van der Waals surface area contributed by atoms with E-state index in [4.69, 9.17) is 11.6 Å². The smallest absolute Gasteiger partial charge is 0.207 e. The second kappa shape index (κ2) is 6.77. The van der Waals surface area contributed by atoms with E-state index in [1.165, 1.54) is 11.3 Å². The summed E-state index contributed by atoms with van der Waals surface area (Å²) >= 11 is 7.29. The zero-order valence-electron chi connectivity index (χ0n) is 12.1. The molecule has 0 N–H and O–H groups in total. The highest BCUT2D eigenvalue weighted by Crippen LogP contribution is 2.31. The van der Waals surface area contributed by atoms with Gasteiger partial charge in [-0.2, -0.15) is 4.31 Å². The summed E-state index contributed by atoms with van der Waals surface area (Å²) < 4.78 is 27.2. The van der Waals surface area contributed by atoms with E-state index in [0.717, 1.165) is 35.4 Å². The lowest BCUT2D eigenvalue weighted by atomic mass is 9.98. The molecule has 0 amide bonds. The number of alkyl halides is 1. The average Bonchev–Trinajstić information content (AvgIpc) is 2.66. The Bertz CT molecular complexity index is 554. The van der Waals surface area contributed by atoms with Crippen LogP contribution in [0.1, 0.15) is 42.4 Å². The molecule has 114 valence electrons. The molecule has 2 heterocycles. The van der Waals surface area contributed by atoms with Crippen molar-refractivity contribution in [1.29, 1.82) is 0 Å². The van der Waals surface area contributed by atoms with E-state index in [-0.39, 0.29) is 0 Å². The van der Waals surface area contributed by atoms with E-state index in [2.05, 4.69) is 6.92 Å². The maximum atomic E-state index is 12.8. The Kier molecular flexibility index (Phi) is 5.51. The summed E-state index contributed by atoms with van der Waals surface area (Å²) in [6, 6.07) is 1.74. The van der Waals surface area contributed by atoms with E-state index < -0.39 is 10.0 Å². The molecule has 2 rings (SSSR count). The number of halogens is 1. The van der Waals surface area contributed by atoms with Crippen molar-refractivity contribution in [1.82, 2.24) is 4.31 Å².